The largest absolute Gasteiger partial charge is 0.365 e. The molecule has 148 valence electrons. The Balaban J connectivity index is 1.92. The topological polar surface area (TPSA) is 126 Å². The summed E-state index contributed by atoms with van der Waals surface area (Å²) in [5.41, 5.74) is 13.0. The average Bonchev–Trinajstić information content (AvgIpc) is 3.13. The van der Waals surface area contributed by atoms with Crippen LogP contribution in [0.5, 0.6) is 0 Å². The van der Waals surface area contributed by atoms with Crippen molar-refractivity contribution in [1.29, 1.82) is 0 Å². The third-order valence-electron chi connectivity index (χ3n) is 4.29. The first-order valence-corrected chi connectivity index (χ1v) is 8.61. The molecule has 2 heterocycles. The number of alkyl halides is 2. The van der Waals surface area contributed by atoms with Gasteiger partial charge in [-0.3, -0.25) is 4.79 Å². The number of carbonyl (C=O) groups is 1. The molecule has 6 N–H and O–H groups in total. The zero-order valence-corrected chi connectivity index (χ0v) is 15.2. The Morgan fingerprint density at radius 3 is 2.86 bits per heavy atom. The predicted molar refractivity (Wildman–Crippen MR) is 104 cm³/mol. The molecule has 0 saturated heterocycles. The minimum Gasteiger partial charge on any atom is -0.365 e. The first-order chi connectivity index (χ1) is 13.4. The molecule has 3 aromatic rings. The molecule has 0 spiro atoms. The van der Waals surface area contributed by atoms with E-state index in [9.17, 15) is 13.6 Å². The summed E-state index contributed by atoms with van der Waals surface area (Å²) in [4.78, 5) is 25.1. The van der Waals surface area contributed by atoms with Crippen LogP contribution in [-0.4, -0.2) is 46.9 Å². The van der Waals surface area contributed by atoms with Gasteiger partial charge in [0.05, 0.1) is 5.69 Å². The number of aromatic amines is 1. The van der Waals surface area contributed by atoms with E-state index in [-0.39, 0.29) is 18.1 Å². The van der Waals surface area contributed by atoms with E-state index in [0.717, 1.165) is 16.6 Å². The van der Waals surface area contributed by atoms with Crippen LogP contribution in [0.15, 0.2) is 36.7 Å². The maximum absolute atomic E-state index is 12.4. The Morgan fingerprint density at radius 2 is 2.14 bits per heavy atom. The minimum atomic E-state index is -2.49. The molecule has 1 aromatic carbocycles. The number of primary amides is 1. The lowest BCUT2D eigenvalue weighted by Gasteiger charge is -2.22. The van der Waals surface area contributed by atoms with Crippen molar-refractivity contribution in [3.05, 3.63) is 42.2 Å². The van der Waals surface area contributed by atoms with Gasteiger partial charge in [-0.25, -0.2) is 13.8 Å². The van der Waals surface area contributed by atoms with E-state index >= 15 is 0 Å². The van der Waals surface area contributed by atoms with Gasteiger partial charge in [-0.05, 0) is 18.2 Å². The summed E-state index contributed by atoms with van der Waals surface area (Å²) >= 11 is 0. The number of anilines is 3. The first kappa shape index (κ1) is 19.5. The van der Waals surface area contributed by atoms with Crippen LogP contribution in [0.25, 0.3) is 10.9 Å². The lowest BCUT2D eigenvalue weighted by molar-refractivity contribution is 0.1000. The predicted octanol–water partition coefficient (Wildman–Crippen LogP) is 2.22. The number of fused-ring (bicyclic) bond motifs is 1. The summed E-state index contributed by atoms with van der Waals surface area (Å²) in [6.07, 6.45) is 0.195. The Kier molecular flexibility index (Phi) is 5.69. The monoisotopic (exact) mass is 389 g/mol. The molecule has 1 amide bonds. The number of nitrogens with zero attached hydrogens (tertiary/aromatic N) is 3. The third-order valence-corrected chi connectivity index (χ3v) is 4.29. The lowest BCUT2D eigenvalue weighted by atomic mass is 10.2. The second-order valence-corrected chi connectivity index (χ2v) is 6.34. The van der Waals surface area contributed by atoms with Crippen LogP contribution in [0.3, 0.4) is 0 Å². The highest BCUT2D eigenvalue weighted by Crippen LogP contribution is 2.31. The van der Waals surface area contributed by atoms with Gasteiger partial charge < -0.3 is 26.7 Å². The van der Waals surface area contributed by atoms with Gasteiger partial charge in [-0.2, -0.15) is 4.98 Å². The van der Waals surface area contributed by atoms with Gasteiger partial charge in [-0.1, -0.05) is 6.07 Å². The molecule has 1 atom stereocenters. The molecule has 0 aliphatic heterocycles. The van der Waals surface area contributed by atoms with Crippen LogP contribution in [0.2, 0.25) is 0 Å². The van der Waals surface area contributed by atoms with E-state index in [1.54, 1.807) is 11.9 Å². The molecule has 0 fully saturated rings. The second-order valence-electron chi connectivity index (χ2n) is 6.34. The highest BCUT2D eigenvalue weighted by Gasteiger charge is 2.19. The fourth-order valence-electron chi connectivity index (χ4n) is 2.90. The molecule has 28 heavy (non-hydrogen) atoms. The van der Waals surface area contributed by atoms with Gasteiger partial charge in [0.15, 0.2) is 5.82 Å². The molecule has 0 radical (unpaired) electrons. The first-order valence-electron chi connectivity index (χ1n) is 8.61. The number of hydrogen-bond acceptors (Lipinski definition) is 6. The van der Waals surface area contributed by atoms with Crippen LogP contribution < -0.4 is 21.7 Å². The van der Waals surface area contributed by atoms with E-state index < -0.39 is 24.8 Å². The molecule has 0 aliphatic carbocycles. The van der Waals surface area contributed by atoms with Gasteiger partial charge in [0.25, 0.3) is 5.91 Å². The standard InChI is InChI=1S/C18H21F2N7O/c1-27(14-4-2-3-13-11(14)5-6-23-13)17-12(16(22)28)9-25-18(26-17)24-8-10(21)7-15(19)20/h2-6,9-10,15,23H,7-8,21H2,1H3,(H2,22,28)(H,24,25,26). The fourth-order valence-corrected chi connectivity index (χ4v) is 2.90. The number of nitrogens with one attached hydrogen (secondary N) is 2. The maximum atomic E-state index is 12.4. The van der Waals surface area contributed by atoms with Crippen molar-refractivity contribution in [3.63, 3.8) is 0 Å². The summed E-state index contributed by atoms with van der Waals surface area (Å²) in [5.74, 6) is -0.219. The zero-order chi connectivity index (χ0) is 20.3. The quantitative estimate of drug-likeness (QED) is 0.468. The molecule has 0 aliphatic rings. The van der Waals surface area contributed by atoms with Crippen molar-refractivity contribution >= 4 is 34.3 Å². The molecule has 0 saturated carbocycles. The minimum absolute atomic E-state index is 0.0663. The zero-order valence-electron chi connectivity index (χ0n) is 15.2. The molecule has 10 heteroatoms. The van der Waals surface area contributed by atoms with E-state index in [0.29, 0.717) is 5.82 Å². The number of rotatable bonds is 8. The molecule has 1 unspecified atom stereocenters. The van der Waals surface area contributed by atoms with E-state index in [1.165, 1.54) is 6.20 Å². The van der Waals surface area contributed by atoms with E-state index in [1.807, 2.05) is 30.5 Å². The number of halogens is 2. The number of nitrogens with two attached hydrogens (primary N) is 2. The number of H-pyrrole nitrogens is 1. The van der Waals surface area contributed by atoms with Crippen molar-refractivity contribution < 1.29 is 13.6 Å². The Hall–Kier alpha value is -3.27. The van der Waals surface area contributed by atoms with Gasteiger partial charge in [0.2, 0.25) is 12.4 Å². The molecule has 8 nitrogen and oxygen atoms in total. The second kappa shape index (κ2) is 8.17. The smallest absolute Gasteiger partial charge is 0.254 e. The van der Waals surface area contributed by atoms with Crippen molar-refractivity contribution in [2.45, 2.75) is 18.9 Å². The normalized spacial score (nSPS) is 12.3. The Labute approximate surface area is 159 Å². The van der Waals surface area contributed by atoms with Crippen LogP contribution in [0, 0.1) is 0 Å². The molecule has 3 rings (SSSR count). The average molecular weight is 389 g/mol. The van der Waals surface area contributed by atoms with Gasteiger partial charge in [0, 0.05) is 49.4 Å². The molecular formula is C18H21F2N7O. The highest BCUT2D eigenvalue weighted by atomic mass is 19.3. The van der Waals surface area contributed by atoms with Crippen LogP contribution >= 0.6 is 0 Å². The molecule has 0 bridgehead atoms. The van der Waals surface area contributed by atoms with Gasteiger partial charge >= 0.3 is 0 Å². The van der Waals surface area contributed by atoms with Gasteiger partial charge in [-0.15, -0.1) is 0 Å². The summed E-state index contributed by atoms with van der Waals surface area (Å²) in [6, 6.07) is 6.84. The third kappa shape index (κ3) is 4.17. The number of aromatic nitrogens is 3. The number of carbonyl (C=O) groups excluding carboxylic acids is 1. The molecular weight excluding hydrogens is 368 g/mol. The SMILES string of the molecule is CN(c1nc(NCC(N)CC(F)F)ncc1C(N)=O)c1cccc2[nH]ccc12. The van der Waals surface area contributed by atoms with Crippen molar-refractivity contribution in [2.24, 2.45) is 11.5 Å². The summed E-state index contributed by atoms with van der Waals surface area (Å²) < 4.78 is 24.8. The van der Waals surface area contributed by atoms with E-state index in [4.69, 9.17) is 11.5 Å². The summed E-state index contributed by atoms with van der Waals surface area (Å²) in [5, 5.41) is 3.77. The van der Waals surface area contributed by atoms with Crippen molar-refractivity contribution in [3.8, 4) is 0 Å². The maximum Gasteiger partial charge on any atom is 0.254 e. The molecule has 2 aromatic heterocycles. The summed E-state index contributed by atoms with van der Waals surface area (Å²) in [6.45, 7) is 0.0663. The Morgan fingerprint density at radius 1 is 1.36 bits per heavy atom. The lowest BCUT2D eigenvalue weighted by Crippen LogP contribution is -2.31. The fraction of sp³-hybridized carbons (Fsp3) is 0.278. The Bertz CT molecular complexity index is 975. The van der Waals surface area contributed by atoms with E-state index in [2.05, 4.69) is 20.3 Å². The van der Waals surface area contributed by atoms with Gasteiger partial charge in [0.1, 0.15) is 5.56 Å². The number of benzene rings is 1. The summed E-state index contributed by atoms with van der Waals surface area (Å²) in [7, 11) is 1.75. The number of hydrogen-bond donors (Lipinski definition) is 4. The van der Waals surface area contributed by atoms with Crippen molar-refractivity contribution in [1.82, 2.24) is 15.0 Å². The van der Waals surface area contributed by atoms with Crippen molar-refractivity contribution in [2.75, 3.05) is 23.8 Å². The highest BCUT2D eigenvalue weighted by molar-refractivity contribution is 6.00. The van der Waals surface area contributed by atoms with Crippen LogP contribution in [-0.2, 0) is 0 Å². The van der Waals surface area contributed by atoms with Crippen LogP contribution in [0.4, 0.5) is 26.2 Å². The number of amides is 1. The van der Waals surface area contributed by atoms with Crippen LogP contribution in [0.1, 0.15) is 16.8 Å².